The van der Waals surface area contributed by atoms with Crippen LogP contribution in [-0.2, 0) is 0 Å². The quantitative estimate of drug-likeness (QED) is 0.489. The summed E-state index contributed by atoms with van der Waals surface area (Å²) in [7, 11) is 0. The molecule has 0 aliphatic heterocycles. The molecule has 0 heterocycles. The van der Waals surface area contributed by atoms with Crippen molar-refractivity contribution in [1.29, 1.82) is 0 Å². The van der Waals surface area contributed by atoms with Gasteiger partial charge in [-0.1, -0.05) is 60.2 Å². The molecule has 3 rings (SSSR count). The summed E-state index contributed by atoms with van der Waals surface area (Å²) in [5, 5.41) is 6.06. The first-order valence-electron chi connectivity index (χ1n) is 9.24. The van der Waals surface area contributed by atoms with Crippen molar-refractivity contribution in [3.8, 4) is 0 Å². The standard InChI is InChI=1S/C24H24N2O2/c1-16-10-13-20(14-11-16)24(28)26-23(22(27)19-7-5-4-6-8-19)25-21-15-17(2)9-12-18(21)3/h4-15,23,25H,1-3H3,(H,26,28)/t23-/m0/s1. The number of nitrogens with one attached hydrogen (secondary N) is 2. The van der Waals surface area contributed by atoms with Gasteiger partial charge in [0.25, 0.3) is 5.91 Å². The van der Waals surface area contributed by atoms with E-state index in [1.165, 1.54) is 0 Å². The van der Waals surface area contributed by atoms with Crippen LogP contribution in [0.15, 0.2) is 72.8 Å². The Morgan fingerprint density at radius 3 is 2.07 bits per heavy atom. The van der Waals surface area contributed by atoms with Gasteiger partial charge >= 0.3 is 0 Å². The van der Waals surface area contributed by atoms with Crippen molar-refractivity contribution in [3.63, 3.8) is 0 Å². The fraction of sp³-hybridized carbons (Fsp3) is 0.167. The lowest BCUT2D eigenvalue weighted by molar-refractivity contribution is 0.0869. The van der Waals surface area contributed by atoms with E-state index in [2.05, 4.69) is 10.6 Å². The Hall–Kier alpha value is -3.40. The molecule has 3 aromatic rings. The molecule has 4 nitrogen and oxygen atoms in total. The van der Waals surface area contributed by atoms with Gasteiger partial charge in [-0.3, -0.25) is 9.59 Å². The highest BCUT2D eigenvalue weighted by Gasteiger charge is 2.23. The van der Waals surface area contributed by atoms with Crippen LogP contribution in [0.4, 0.5) is 5.69 Å². The van der Waals surface area contributed by atoms with E-state index in [1.807, 2.05) is 69.3 Å². The molecule has 0 bridgehead atoms. The van der Waals surface area contributed by atoms with Crippen LogP contribution in [-0.4, -0.2) is 17.9 Å². The van der Waals surface area contributed by atoms with Gasteiger partial charge in [0.05, 0.1) is 0 Å². The predicted octanol–water partition coefficient (Wildman–Crippen LogP) is 4.66. The average molecular weight is 372 g/mol. The number of aryl methyl sites for hydroxylation is 3. The van der Waals surface area contributed by atoms with Crippen LogP contribution < -0.4 is 10.6 Å². The SMILES string of the molecule is Cc1ccc(C(=O)N[C@H](Nc2cc(C)ccc2C)C(=O)c2ccccc2)cc1. The van der Waals surface area contributed by atoms with Gasteiger partial charge in [-0.05, 0) is 50.1 Å². The molecule has 2 N–H and O–H groups in total. The Labute approximate surface area is 165 Å². The van der Waals surface area contributed by atoms with Crippen molar-refractivity contribution in [2.24, 2.45) is 0 Å². The van der Waals surface area contributed by atoms with Gasteiger partial charge in [0.15, 0.2) is 6.17 Å². The van der Waals surface area contributed by atoms with Crippen molar-refractivity contribution in [1.82, 2.24) is 5.32 Å². The molecule has 0 aromatic heterocycles. The molecule has 0 saturated heterocycles. The third-order valence-corrected chi connectivity index (χ3v) is 4.60. The summed E-state index contributed by atoms with van der Waals surface area (Å²) in [6.45, 7) is 5.92. The number of carbonyl (C=O) groups is 2. The Balaban J connectivity index is 1.89. The van der Waals surface area contributed by atoms with Crippen LogP contribution in [0.2, 0.25) is 0 Å². The lowest BCUT2D eigenvalue weighted by Gasteiger charge is -2.22. The van der Waals surface area contributed by atoms with E-state index in [0.717, 1.165) is 22.4 Å². The fourth-order valence-corrected chi connectivity index (χ4v) is 2.90. The van der Waals surface area contributed by atoms with Crippen LogP contribution in [0.1, 0.15) is 37.4 Å². The minimum atomic E-state index is -0.878. The minimum absolute atomic E-state index is 0.193. The van der Waals surface area contributed by atoms with Gasteiger partial charge in [-0.15, -0.1) is 0 Å². The van der Waals surface area contributed by atoms with E-state index in [9.17, 15) is 9.59 Å². The highest BCUT2D eigenvalue weighted by atomic mass is 16.2. The molecule has 4 heteroatoms. The van der Waals surface area contributed by atoms with E-state index >= 15 is 0 Å². The fourth-order valence-electron chi connectivity index (χ4n) is 2.90. The molecule has 28 heavy (non-hydrogen) atoms. The van der Waals surface area contributed by atoms with E-state index in [0.29, 0.717) is 11.1 Å². The number of amides is 1. The molecule has 1 amide bonds. The summed E-state index contributed by atoms with van der Waals surface area (Å²) in [5.41, 5.74) is 5.01. The van der Waals surface area contributed by atoms with Crippen LogP contribution in [0.3, 0.4) is 0 Å². The number of hydrogen-bond acceptors (Lipinski definition) is 3. The van der Waals surface area contributed by atoms with E-state index in [4.69, 9.17) is 0 Å². The zero-order valence-electron chi connectivity index (χ0n) is 16.3. The summed E-state index contributed by atoms with van der Waals surface area (Å²) in [5.74, 6) is -0.492. The highest BCUT2D eigenvalue weighted by Crippen LogP contribution is 2.18. The minimum Gasteiger partial charge on any atom is -0.359 e. The molecular formula is C24H24N2O2. The molecule has 1 atom stereocenters. The number of benzene rings is 3. The molecule has 0 aliphatic rings. The topological polar surface area (TPSA) is 58.2 Å². The largest absolute Gasteiger partial charge is 0.359 e. The number of ketones is 1. The lowest BCUT2D eigenvalue weighted by atomic mass is 10.1. The zero-order valence-corrected chi connectivity index (χ0v) is 16.3. The monoisotopic (exact) mass is 372 g/mol. The number of rotatable bonds is 6. The highest BCUT2D eigenvalue weighted by molar-refractivity contribution is 6.05. The summed E-state index contributed by atoms with van der Waals surface area (Å²) in [6, 6.07) is 22.2. The maximum Gasteiger partial charge on any atom is 0.253 e. The molecule has 0 aliphatic carbocycles. The summed E-state index contributed by atoms with van der Waals surface area (Å²) in [4.78, 5) is 25.8. The van der Waals surface area contributed by atoms with Crippen molar-refractivity contribution in [3.05, 3.63) is 101 Å². The predicted molar refractivity (Wildman–Crippen MR) is 113 cm³/mol. The Morgan fingerprint density at radius 1 is 0.750 bits per heavy atom. The maximum absolute atomic E-state index is 13.1. The number of hydrogen-bond donors (Lipinski definition) is 2. The second-order valence-electron chi connectivity index (χ2n) is 6.97. The van der Waals surface area contributed by atoms with E-state index < -0.39 is 6.17 Å². The molecule has 3 aromatic carbocycles. The third-order valence-electron chi connectivity index (χ3n) is 4.60. The van der Waals surface area contributed by atoms with Crippen LogP contribution in [0.25, 0.3) is 0 Å². The second-order valence-corrected chi connectivity index (χ2v) is 6.97. The van der Waals surface area contributed by atoms with Crippen molar-refractivity contribution in [2.45, 2.75) is 26.9 Å². The number of anilines is 1. The summed E-state index contributed by atoms with van der Waals surface area (Å²) in [6.07, 6.45) is -0.878. The number of Topliss-reactive ketones (excluding diaryl/α,β-unsaturated/α-hetero) is 1. The Kier molecular flexibility index (Phi) is 5.90. The van der Waals surface area contributed by atoms with Gasteiger partial charge in [0, 0.05) is 16.8 Å². The lowest BCUT2D eigenvalue weighted by Crippen LogP contribution is -2.46. The average Bonchev–Trinajstić information content (AvgIpc) is 2.70. The third kappa shape index (κ3) is 4.65. The number of carbonyl (C=O) groups excluding carboxylic acids is 2. The summed E-state index contributed by atoms with van der Waals surface area (Å²) >= 11 is 0. The maximum atomic E-state index is 13.1. The molecule has 0 radical (unpaired) electrons. The zero-order chi connectivity index (χ0) is 20.1. The molecule has 0 saturated carbocycles. The van der Waals surface area contributed by atoms with Crippen LogP contribution >= 0.6 is 0 Å². The van der Waals surface area contributed by atoms with Crippen LogP contribution in [0, 0.1) is 20.8 Å². The smallest absolute Gasteiger partial charge is 0.253 e. The first kappa shape index (κ1) is 19.4. The molecule has 0 unspecified atom stereocenters. The first-order valence-corrected chi connectivity index (χ1v) is 9.24. The van der Waals surface area contributed by atoms with Crippen molar-refractivity contribution in [2.75, 3.05) is 5.32 Å². The normalized spacial score (nSPS) is 11.5. The van der Waals surface area contributed by atoms with E-state index in [1.54, 1.807) is 24.3 Å². The van der Waals surface area contributed by atoms with Crippen LogP contribution in [0.5, 0.6) is 0 Å². The van der Waals surface area contributed by atoms with Gasteiger partial charge < -0.3 is 10.6 Å². The summed E-state index contributed by atoms with van der Waals surface area (Å²) < 4.78 is 0. The first-order chi connectivity index (χ1) is 13.4. The van der Waals surface area contributed by atoms with Crippen molar-refractivity contribution < 1.29 is 9.59 Å². The van der Waals surface area contributed by atoms with Crippen molar-refractivity contribution >= 4 is 17.4 Å². The van der Waals surface area contributed by atoms with E-state index in [-0.39, 0.29) is 11.7 Å². The van der Waals surface area contributed by atoms with Gasteiger partial charge in [0.2, 0.25) is 5.78 Å². The molecule has 0 fully saturated rings. The molecule has 0 spiro atoms. The second kappa shape index (κ2) is 8.53. The molecular weight excluding hydrogens is 348 g/mol. The Bertz CT molecular complexity index is 979. The van der Waals surface area contributed by atoms with Gasteiger partial charge in [-0.25, -0.2) is 0 Å². The molecule has 142 valence electrons. The Morgan fingerprint density at radius 2 is 1.39 bits per heavy atom. The van der Waals surface area contributed by atoms with Gasteiger partial charge in [-0.2, -0.15) is 0 Å². The van der Waals surface area contributed by atoms with Gasteiger partial charge in [0.1, 0.15) is 0 Å².